The summed E-state index contributed by atoms with van der Waals surface area (Å²) in [5.41, 5.74) is 0.934. The molecule has 2 heterocycles. The summed E-state index contributed by atoms with van der Waals surface area (Å²) in [6.07, 6.45) is 1.81. The molecule has 2 aromatic rings. The fraction of sp³-hybridized carbons (Fsp3) is 0.429. The van der Waals surface area contributed by atoms with Crippen molar-refractivity contribution in [2.45, 2.75) is 13.5 Å². The lowest BCUT2D eigenvalue weighted by atomic mass is 10.2. The third-order valence-electron chi connectivity index (χ3n) is 4.85. The van der Waals surface area contributed by atoms with Crippen molar-refractivity contribution in [2.24, 2.45) is 4.99 Å². The monoisotopic (exact) mass is 430 g/mol. The van der Waals surface area contributed by atoms with Crippen molar-refractivity contribution >= 4 is 21.8 Å². The predicted octanol–water partition coefficient (Wildman–Crippen LogP) is 1.29. The van der Waals surface area contributed by atoms with Crippen molar-refractivity contribution in [3.63, 3.8) is 0 Å². The number of nitrogens with one attached hydrogen (secondary N) is 2. The van der Waals surface area contributed by atoms with E-state index in [1.165, 1.54) is 0 Å². The van der Waals surface area contributed by atoms with Gasteiger partial charge in [0.25, 0.3) is 0 Å². The first kappa shape index (κ1) is 22.0. The van der Waals surface area contributed by atoms with Gasteiger partial charge in [-0.15, -0.1) is 0 Å². The SMILES string of the molecule is CCNC(=NCCS(=O)(=O)NCc1ccccc1)N1CCN(c2ccccn2)CC1. The molecular formula is C21H30N6O2S. The van der Waals surface area contributed by atoms with E-state index in [-0.39, 0.29) is 12.3 Å². The highest BCUT2D eigenvalue weighted by atomic mass is 32.2. The smallest absolute Gasteiger partial charge is 0.213 e. The normalized spacial score (nSPS) is 15.3. The van der Waals surface area contributed by atoms with Crippen molar-refractivity contribution in [2.75, 3.05) is 49.9 Å². The standard InChI is InChI=1S/C21H30N6O2S/c1-2-22-21(27-15-13-26(14-16-27)20-10-6-7-11-23-20)24-12-17-30(28,29)25-18-19-8-4-3-5-9-19/h3-11,25H,2,12-18H2,1H3,(H,22,24). The highest BCUT2D eigenvalue weighted by Crippen LogP contribution is 2.12. The molecule has 0 amide bonds. The number of aromatic nitrogens is 1. The van der Waals surface area contributed by atoms with E-state index >= 15 is 0 Å². The van der Waals surface area contributed by atoms with E-state index in [9.17, 15) is 8.42 Å². The Morgan fingerprint density at radius 3 is 2.47 bits per heavy atom. The minimum atomic E-state index is -3.39. The number of benzene rings is 1. The zero-order valence-electron chi connectivity index (χ0n) is 17.4. The maximum atomic E-state index is 12.3. The zero-order chi connectivity index (χ0) is 21.2. The van der Waals surface area contributed by atoms with Crippen LogP contribution in [0.25, 0.3) is 0 Å². The fourth-order valence-electron chi connectivity index (χ4n) is 3.25. The number of nitrogens with zero attached hydrogens (tertiary/aromatic N) is 4. The van der Waals surface area contributed by atoms with Crippen LogP contribution in [-0.2, 0) is 16.6 Å². The largest absolute Gasteiger partial charge is 0.357 e. The summed E-state index contributed by atoms with van der Waals surface area (Å²) < 4.78 is 27.2. The van der Waals surface area contributed by atoms with Gasteiger partial charge in [0, 0.05) is 45.5 Å². The molecule has 0 radical (unpaired) electrons. The molecule has 0 atom stereocenters. The van der Waals surface area contributed by atoms with Gasteiger partial charge in [0.15, 0.2) is 5.96 Å². The minimum Gasteiger partial charge on any atom is -0.357 e. The molecule has 1 aliphatic rings. The molecule has 162 valence electrons. The van der Waals surface area contributed by atoms with E-state index in [2.05, 4.69) is 29.8 Å². The van der Waals surface area contributed by atoms with E-state index in [1.54, 1.807) is 6.20 Å². The number of pyridine rings is 1. The Morgan fingerprint density at radius 1 is 1.07 bits per heavy atom. The van der Waals surface area contributed by atoms with Crippen LogP contribution in [-0.4, -0.2) is 69.3 Å². The van der Waals surface area contributed by atoms with Gasteiger partial charge in [0.05, 0.1) is 12.3 Å². The van der Waals surface area contributed by atoms with Crippen LogP contribution in [0.1, 0.15) is 12.5 Å². The zero-order valence-corrected chi connectivity index (χ0v) is 18.2. The lowest BCUT2D eigenvalue weighted by Gasteiger charge is -2.37. The summed E-state index contributed by atoms with van der Waals surface area (Å²) in [5, 5.41) is 3.28. The first-order valence-corrected chi connectivity index (χ1v) is 11.9. The number of rotatable bonds is 8. The van der Waals surface area contributed by atoms with E-state index in [0.29, 0.717) is 6.54 Å². The third-order valence-corrected chi connectivity index (χ3v) is 6.15. The van der Waals surface area contributed by atoms with Crippen LogP contribution >= 0.6 is 0 Å². The molecule has 0 aliphatic carbocycles. The van der Waals surface area contributed by atoms with E-state index in [1.807, 2.05) is 55.5 Å². The van der Waals surface area contributed by atoms with Gasteiger partial charge in [0.1, 0.15) is 5.82 Å². The van der Waals surface area contributed by atoms with Crippen LogP contribution in [0.4, 0.5) is 5.82 Å². The number of hydrogen-bond acceptors (Lipinski definition) is 5. The van der Waals surface area contributed by atoms with Crippen molar-refractivity contribution in [1.82, 2.24) is 19.9 Å². The number of piperazine rings is 1. The molecule has 1 fully saturated rings. The van der Waals surface area contributed by atoms with Gasteiger partial charge in [-0.25, -0.2) is 18.1 Å². The van der Waals surface area contributed by atoms with Gasteiger partial charge < -0.3 is 15.1 Å². The minimum absolute atomic E-state index is 0.0391. The average Bonchev–Trinajstić information content (AvgIpc) is 2.79. The maximum absolute atomic E-state index is 12.3. The van der Waals surface area contributed by atoms with Crippen LogP contribution in [0.15, 0.2) is 59.7 Å². The molecule has 0 unspecified atom stereocenters. The number of guanidine groups is 1. The summed E-state index contributed by atoms with van der Waals surface area (Å²) in [4.78, 5) is 13.4. The van der Waals surface area contributed by atoms with Gasteiger partial charge in [-0.1, -0.05) is 36.4 Å². The number of anilines is 1. The van der Waals surface area contributed by atoms with Crippen LogP contribution in [0, 0.1) is 0 Å². The van der Waals surface area contributed by atoms with Crippen molar-refractivity contribution in [3.8, 4) is 0 Å². The summed E-state index contributed by atoms with van der Waals surface area (Å²) in [7, 11) is -3.39. The van der Waals surface area contributed by atoms with Crippen LogP contribution < -0.4 is 14.9 Å². The first-order valence-electron chi connectivity index (χ1n) is 10.3. The highest BCUT2D eigenvalue weighted by Gasteiger charge is 2.20. The quantitative estimate of drug-likeness (QED) is 0.485. The first-order chi connectivity index (χ1) is 14.6. The third kappa shape index (κ3) is 6.70. The Balaban J connectivity index is 1.50. The van der Waals surface area contributed by atoms with Crippen molar-refractivity contribution < 1.29 is 8.42 Å². The molecule has 8 nitrogen and oxygen atoms in total. The molecule has 9 heteroatoms. The maximum Gasteiger partial charge on any atom is 0.213 e. The van der Waals surface area contributed by atoms with Gasteiger partial charge in [-0.2, -0.15) is 0 Å². The van der Waals surface area contributed by atoms with E-state index in [4.69, 9.17) is 0 Å². The summed E-state index contributed by atoms with van der Waals surface area (Å²) in [6, 6.07) is 15.4. The number of aliphatic imine (C=N–C) groups is 1. The second-order valence-electron chi connectivity index (χ2n) is 7.02. The van der Waals surface area contributed by atoms with E-state index < -0.39 is 10.0 Å². The molecule has 1 saturated heterocycles. The number of hydrogen-bond donors (Lipinski definition) is 2. The number of sulfonamides is 1. The Bertz CT molecular complexity index is 898. The Hall–Kier alpha value is -2.65. The second kappa shape index (κ2) is 10.9. The average molecular weight is 431 g/mol. The van der Waals surface area contributed by atoms with Crippen molar-refractivity contribution in [1.29, 1.82) is 0 Å². The lowest BCUT2D eigenvalue weighted by Crippen LogP contribution is -2.52. The molecule has 0 saturated carbocycles. The fourth-order valence-corrected chi connectivity index (χ4v) is 4.11. The van der Waals surface area contributed by atoms with Gasteiger partial charge >= 0.3 is 0 Å². The molecule has 1 aromatic carbocycles. The Morgan fingerprint density at radius 2 is 1.80 bits per heavy atom. The Labute approximate surface area is 179 Å². The van der Waals surface area contributed by atoms with Crippen LogP contribution in [0.2, 0.25) is 0 Å². The predicted molar refractivity (Wildman–Crippen MR) is 121 cm³/mol. The summed E-state index contributed by atoms with van der Waals surface area (Å²) in [5.74, 6) is 1.70. The lowest BCUT2D eigenvalue weighted by molar-refractivity contribution is 0.372. The van der Waals surface area contributed by atoms with E-state index in [0.717, 1.165) is 50.1 Å². The van der Waals surface area contributed by atoms with Crippen LogP contribution in [0.3, 0.4) is 0 Å². The van der Waals surface area contributed by atoms with Crippen molar-refractivity contribution in [3.05, 3.63) is 60.3 Å². The van der Waals surface area contributed by atoms with Gasteiger partial charge in [-0.3, -0.25) is 4.99 Å². The molecule has 0 spiro atoms. The topological polar surface area (TPSA) is 89.9 Å². The summed E-state index contributed by atoms with van der Waals surface area (Å²) >= 11 is 0. The van der Waals surface area contributed by atoms with Gasteiger partial charge in [-0.05, 0) is 24.6 Å². The molecule has 1 aromatic heterocycles. The molecule has 0 bridgehead atoms. The molecule has 3 rings (SSSR count). The molecule has 30 heavy (non-hydrogen) atoms. The second-order valence-corrected chi connectivity index (χ2v) is 8.95. The Kier molecular flexibility index (Phi) is 8.04. The van der Waals surface area contributed by atoms with Gasteiger partial charge in [0.2, 0.25) is 10.0 Å². The highest BCUT2D eigenvalue weighted by molar-refractivity contribution is 7.89. The molecule has 2 N–H and O–H groups in total. The van der Waals surface area contributed by atoms with Crippen LogP contribution in [0.5, 0.6) is 0 Å². The molecular weight excluding hydrogens is 400 g/mol. The molecule has 1 aliphatic heterocycles. The summed E-state index contributed by atoms with van der Waals surface area (Å²) in [6.45, 7) is 6.56.